The van der Waals surface area contributed by atoms with Gasteiger partial charge in [0.2, 0.25) is 0 Å². The summed E-state index contributed by atoms with van der Waals surface area (Å²) < 4.78 is 11.5. The molecule has 1 heterocycles. The molecule has 2 rings (SSSR count). The number of hydrogen-bond acceptors (Lipinski definition) is 4. The minimum absolute atomic E-state index is 0. The SMILES string of the molecule is CCNC(=NCC1(SCC)CCOCC1)NC1CC(C)(OC)C1(C)C.I. The van der Waals surface area contributed by atoms with Crippen molar-refractivity contribution >= 4 is 41.7 Å². The van der Waals surface area contributed by atoms with Crippen LogP contribution in [0.4, 0.5) is 0 Å². The predicted molar refractivity (Wildman–Crippen MR) is 123 cm³/mol. The smallest absolute Gasteiger partial charge is 0.191 e. The lowest BCUT2D eigenvalue weighted by Crippen LogP contribution is -2.69. The maximum Gasteiger partial charge on any atom is 0.191 e. The molecule has 0 radical (unpaired) electrons. The molecule has 2 aliphatic rings. The molecule has 0 aromatic carbocycles. The quantitative estimate of drug-likeness (QED) is 0.318. The normalized spacial score (nSPS) is 30.1. The second kappa shape index (κ2) is 10.2. The van der Waals surface area contributed by atoms with Crippen LogP contribution in [0, 0.1) is 5.41 Å². The van der Waals surface area contributed by atoms with Crippen molar-refractivity contribution in [3.8, 4) is 0 Å². The average molecular weight is 500 g/mol. The van der Waals surface area contributed by atoms with Gasteiger partial charge in [-0.1, -0.05) is 20.8 Å². The van der Waals surface area contributed by atoms with Gasteiger partial charge >= 0.3 is 0 Å². The van der Waals surface area contributed by atoms with Crippen molar-refractivity contribution < 1.29 is 9.47 Å². The summed E-state index contributed by atoms with van der Waals surface area (Å²) in [5.74, 6) is 2.06. The first-order valence-electron chi connectivity index (χ1n) is 9.64. The monoisotopic (exact) mass is 499 g/mol. The largest absolute Gasteiger partial charge is 0.381 e. The maximum atomic E-state index is 5.75. The van der Waals surface area contributed by atoms with Gasteiger partial charge in [-0.3, -0.25) is 4.99 Å². The number of thioether (sulfide) groups is 1. The highest BCUT2D eigenvalue weighted by molar-refractivity contribution is 14.0. The molecule has 1 aliphatic carbocycles. The summed E-state index contributed by atoms with van der Waals surface area (Å²) in [5.41, 5.74) is 0.00839. The molecule has 154 valence electrons. The molecule has 0 bridgehead atoms. The summed E-state index contributed by atoms with van der Waals surface area (Å²) in [6.45, 7) is 14.5. The Labute approximate surface area is 181 Å². The van der Waals surface area contributed by atoms with E-state index in [1.807, 2.05) is 18.9 Å². The third-order valence-electron chi connectivity index (χ3n) is 6.31. The Morgan fingerprint density at radius 1 is 1.23 bits per heavy atom. The standard InChI is InChI=1S/C19H37N3O2S.HI/c1-7-20-16(22-15-13-18(5,23-6)17(15,3)4)21-14-19(25-8-2)9-11-24-12-10-19;/h15H,7-14H2,1-6H3,(H2,20,21,22);1H. The summed E-state index contributed by atoms with van der Waals surface area (Å²) in [5, 5.41) is 7.07. The summed E-state index contributed by atoms with van der Waals surface area (Å²) in [7, 11) is 1.81. The van der Waals surface area contributed by atoms with Gasteiger partial charge in [0.15, 0.2) is 5.96 Å². The van der Waals surface area contributed by atoms with Crippen molar-refractivity contribution in [2.24, 2.45) is 10.4 Å². The van der Waals surface area contributed by atoms with Crippen molar-refractivity contribution in [3.05, 3.63) is 0 Å². The van der Waals surface area contributed by atoms with Crippen LogP contribution in [0.1, 0.15) is 53.9 Å². The molecule has 0 aromatic rings. The van der Waals surface area contributed by atoms with E-state index in [0.717, 1.165) is 57.3 Å². The number of guanidine groups is 1. The number of methoxy groups -OCH3 is 1. The first-order chi connectivity index (χ1) is 11.8. The predicted octanol–water partition coefficient (Wildman–Crippen LogP) is 3.67. The van der Waals surface area contributed by atoms with E-state index in [4.69, 9.17) is 14.5 Å². The van der Waals surface area contributed by atoms with Crippen molar-refractivity contribution in [2.45, 2.75) is 70.3 Å². The van der Waals surface area contributed by atoms with Gasteiger partial charge in [0.1, 0.15) is 0 Å². The zero-order valence-corrected chi connectivity index (χ0v) is 20.5. The van der Waals surface area contributed by atoms with E-state index in [2.05, 4.69) is 45.3 Å². The zero-order valence-electron chi connectivity index (χ0n) is 17.3. The van der Waals surface area contributed by atoms with Crippen LogP contribution in [0.25, 0.3) is 0 Å². The number of aliphatic imine (C=N–C) groups is 1. The average Bonchev–Trinajstić information content (AvgIpc) is 2.60. The Kier molecular flexibility index (Phi) is 9.50. The van der Waals surface area contributed by atoms with Crippen molar-refractivity contribution in [3.63, 3.8) is 0 Å². The third-order valence-corrected chi connectivity index (χ3v) is 7.75. The summed E-state index contributed by atoms with van der Waals surface area (Å²) in [6, 6.07) is 0.375. The van der Waals surface area contributed by atoms with Crippen LogP contribution in [0.15, 0.2) is 4.99 Å². The van der Waals surface area contributed by atoms with Crippen LogP contribution < -0.4 is 10.6 Å². The van der Waals surface area contributed by atoms with Gasteiger partial charge in [-0.25, -0.2) is 0 Å². The molecule has 1 aliphatic heterocycles. The molecule has 1 saturated heterocycles. The van der Waals surface area contributed by atoms with Gasteiger partial charge in [-0.2, -0.15) is 11.8 Å². The highest BCUT2D eigenvalue weighted by Gasteiger charge is 2.58. The van der Waals surface area contributed by atoms with E-state index < -0.39 is 0 Å². The summed E-state index contributed by atoms with van der Waals surface area (Å²) >= 11 is 2.04. The summed E-state index contributed by atoms with van der Waals surface area (Å²) in [4.78, 5) is 4.97. The molecule has 2 unspecified atom stereocenters. The molecule has 5 nitrogen and oxygen atoms in total. The van der Waals surface area contributed by atoms with E-state index in [1.54, 1.807) is 0 Å². The van der Waals surface area contributed by atoms with E-state index >= 15 is 0 Å². The third kappa shape index (κ3) is 5.20. The van der Waals surface area contributed by atoms with E-state index in [0.29, 0.717) is 6.04 Å². The van der Waals surface area contributed by atoms with Crippen LogP contribution in [0.2, 0.25) is 0 Å². The lowest BCUT2D eigenvalue weighted by atomic mass is 9.56. The highest BCUT2D eigenvalue weighted by Crippen LogP contribution is 2.51. The van der Waals surface area contributed by atoms with Gasteiger partial charge in [0.25, 0.3) is 0 Å². The number of hydrogen-bond donors (Lipinski definition) is 2. The fourth-order valence-corrected chi connectivity index (χ4v) is 5.05. The molecular weight excluding hydrogens is 461 g/mol. The fourth-order valence-electron chi connectivity index (χ4n) is 3.83. The molecule has 0 amide bonds. The Bertz CT molecular complexity index is 464. The minimum atomic E-state index is -0.0675. The van der Waals surface area contributed by atoms with Crippen LogP contribution in [-0.4, -0.2) is 61.5 Å². The van der Waals surface area contributed by atoms with Gasteiger partial charge in [0, 0.05) is 43.1 Å². The number of nitrogens with one attached hydrogen (secondary N) is 2. The zero-order chi connectivity index (χ0) is 18.6. The first kappa shape index (κ1) is 24.3. The molecule has 7 heteroatoms. The molecule has 2 N–H and O–H groups in total. The lowest BCUT2D eigenvalue weighted by Gasteiger charge is -2.59. The Balaban J connectivity index is 0.00000338. The second-order valence-corrected chi connectivity index (χ2v) is 9.71. The van der Waals surface area contributed by atoms with Gasteiger partial charge in [-0.15, -0.1) is 24.0 Å². The van der Waals surface area contributed by atoms with Gasteiger partial charge in [0.05, 0.1) is 12.1 Å². The van der Waals surface area contributed by atoms with Crippen molar-refractivity contribution in [1.82, 2.24) is 10.6 Å². The topological polar surface area (TPSA) is 54.9 Å². The fraction of sp³-hybridized carbons (Fsp3) is 0.947. The molecule has 2 fully saturated rings. The number of ether oxygens (including phenoxy) is 2. The molecule has 26 heavy (non-hydrogen) atoms. The second-order valence-electron chi connectivity index (χ2n) is 7.98. The van der Waals surface area contributed by atoms with Crippen molar-refractivity contribution in [2.75, 3.05) is 39.2 Å². The molecular formula is C19H38IN3O2S. The molecule has 0 aromatic heterocycles. The van der Waals surface area contributed by atoms with Crippen LogP contribution in [0.5, 0.6) is 0 Å². The van der Waals surface area contributed by atoms with Crippen LogP contribution >= 0.6 is 35.7 Å². The molecule has 2 atom stereocenters. The Morgan fingerprint density at radius 3 is 2.38 bits per heavy atom. The number of halogens is 1. The van der Waals surface area contributed by atoms with E-state index in [1.165, 1.54) is 0 Å². The number of rotatable bonds is 7. The Morgan fingerprint density at radius 2 is 1.88 bits per heavy atom. The Hall–Kier alpha value is 0.270. The minimum Gasteiger partial charge on any atom is -0.381 e. The highest BCUT2D eigenvalue weighted by atomic mass is 127. The number of nitrogens with zero attached hydrogens (tertiary/aromatic N) is 1. The van der Waals surface area contributed by atoms with Crippen molar-refractivity contribution in [1.29, 1.82) is 0 Å². The molecule has 0 spiro atoms. The first-order valence-corrected chi connectivity index (χ1v) is 10.6. The summed E-state index contributed by atoms with van der Waals surface area (Å²) in [6.07, 6.45) is 3.18. The van der Waals surface area contributed by atoms with E-state index in [-0.39, 0.29) is 39.7 Å². The lowest BCUT2D eigenvalue weighted by molar-refractivity contribution is -0.176. The van der Waals surface area contributed by atoms with E-state index in [9.17, 15) is 0 Å². The van der Waals surface area contributed by atoms with Gasteiger partial charge in [-0.05, 0) is 38.9 Å². The maximum absolute atomic E-state index is 5.75. The van der Waals surface area contributed by atoms with Crippen LogP contribution in [0.3, 0.4) is 0 Å². The van der Waals surface area contributed by atoms with Gasteiger partial charge < -0.3 is 20.1 Å². The molecule has 1 saturated carbocycles. The van der Waals surface area contributed by atoms with Crippen LogP contribution in [-0.2, 0) is 9.47 Å².